The largest absolute Gasteiger partial charge is 0.396 e. The number of rotatable bonds is 5. The molecule has 5 nitrogen and oxygen atoms in total. The Morgan fingerprint density at radius 2 is 2.25 bits per heavy atom. The average molecular weight is 241 g/mol. The molecule has 0 aliphatic rings. The summed E-state index contributed by atoms with van der Waals surface area (Å²) in [6.07, 6.45) is 0. The Bertz CT molecular complexity index is 419. The number of aliphatic hydroxyl groups is 1. The molecule has 0 amide bonds. The zero-order valence-corrected chi connectivity index (χ0v) is 9.49. The fourth-order valence-electron chi connectivity index (χ4n) is 1.16. The highest BCUT2D eigenvalue weighted by molar-refractivity contribution is 7.99. The Balaban J connectivity index is 3.09. The van der Waals surface area contributed by atoms with E-state index in [1.165, 1.54) is 30.8 Å². The number of carbonyl (C=O) groups excluding carboxylic acids is 1. The molecule has 86 valence electrons. The van der Waals surface area contributed by atoms with Crippen LogP contribution in [-0.4, -0.2) is 28.2 Å². The molecule has 0 aliphatic heterocycles. The third-order valence-corrected chi connectivity index (χ3v) is 2.95. The third kappa shape index (κ3) is 3.04. The van der Waals surface area contributed by atoms with Crippen molar-refractivity contribution in [2.75, 3.05) is 12.4 Å². The summed E-state index contributed by atoms with van der Waals surface area (Å²) >= 11 is 1.19. The van der Waals surface area contributed by atoms with Crippen LogP contribution in [0.25, 0.3) is 0 Å². The lowest BCUT2D eigenvalue weighted by atomic mass is 10.1. The first-order valence-corrected chi connectivity index (χ1v) is 5.58. The minimum atomic E-state index is -0.522. The van der Waals surface area contributed by atoms with Crippen LogP contribution in [0.3, 0.4) is 0 Å². The minimum Gasteiger partial charge on any atom is -0.396 e. The molecule has 0 heterocycles. The zero-order chi connectivity index (χ0) is 12.1. The Hall–Kier alpha value is -1.40. The molecule has 0 fully saturated rings. The van der Waals surface area contributed by atoms with Gasteiger partial charge in [-0.15, -0.1) is 11.8 Å². The van der Waals surface area contributed by atoms with Gasteiger partial charge in [0.05, 0.1) is 16.4 Å². The van der Waals surface area contributed by atoms with Gasteiger partial charge in [-0.25, -0.2) is 0 Å². The highest BCUT2D eigenvalue weighted by atomic mass is 32.2. The fourth-order valence-corrected chi connectivity index (χ4v) is 1.91. The molecule has 1 aromatic rings. The first-order chi connectivity index (χ1) is 7.56. The molecule has 0 saturated heterocycles. The number of carbonyl (C=O) groups is 1. The van der Waals surface area contributed by atoms with E-state index >= 15 is 0 Å². The van der Waals surface area contributed by atoms with Crippen LogP contribution in [-0.2, 0) is 0 Å². The molecule has 0 radical (unpaired) electrons. The van der Waals surface area contributed by atoms with E-state index in [1.807, 2.05) is 0 Å². The molecule has 1 rings (SSSR count). The van der Waals surface area contributed by atoms with Crippen LogP contribution in [0.5, 0.6) is 0 Å². The van der Waals surface area contributed by atoms with E-state index in [0.29, 0.717) is 16.2 Å². The lowest BCUT2D eigenvalue weighted by Crippen LogP contribution is -1.97. The molecule has 1 aromatic carbocycles. The molecule has 0 spiro atoms. The van der Waals surface area contributed by atoms with Crippen molar-refractivity contribution in [3.8, 4) is 0 Å². The monoisotopic (exact) mass is 241 g/mol. The molecule has 0 aliphatic carbocycles. The number of ketones is 1. The van der Waals surface area contributed by atoms with Gasteiger partial charge in [0.25, 0.3) is 5.69 Å². The highest BCUT2D eigenvalue weighted by Crippen LogP contribution is 2.29. The Kier molecular flexibility index (Phi) is 4.45. The number of nitrogens with zero attached hydrogens (tertiary/aromatic N) is 1. The third-order valence-electron chi connectivity index (χ3n) is 1.91. The standard InChI is InChI=1S/C10H11NO4S/c1-7(13)8-2-3-10(16-5-4-12)9(6-8)11(14)15/h2-3,6,12H,4-5H2,1H3. The lowest BCUT2D eigenvalue weighted by Gasteiger charge is -2.03. The van der Waals surface area contributed by atoms with Crippen molar-refractivity contribution in [1.29, 1.82) is 0 Å². The first kappa shape index (κ1) is 12.7. The van der Waals surface area contributed by atoms with Gasteiger partial charge in [0.1, 0.15) is 0 Å². The van der Waals surface area contributed by atoms with Gasteiger partial charge in [-0.2, -0.15) is 0 Å². The summed E-state index contributed by atoms with van der Waals surface area (Å²) in [6, 6.07) is 4.35. The van der Waals surface area contributed by atoms with E-state index in [4.69, 9.17) is 5.11 Å². The summed E-state index contributed by atoms with van der Waals surface area (Å²) in [5.41, 5.74) is 0.228. The summed E-state index contributed by atoms with van der Waals surface area (Å²) in [4.78, 5) is 21.8. The van der Waals surface area contributed by atoms with Crippen LogP contribution in [0.4, 0.5) is 5.69 Å². The molecular weight excluding hydrogens is 230 g/mol. The maximum Gasteiger partial charge on any atom is 0.283 e. The Morgan fingerprint density at radius 3 is 2.75 bits per heavy atom. The van der Waals surface area contributed by atoms with Crippen LogP contribution >= 0.6 is 11.8 Å². The maximum absolute atomic E-state index is 11.1. The second-order valence-electron chi connectivity index (χ2n) is 3.07. The van der Waals surface area contributed by atoms with Gasteiger partial charge in [0, 0.05) is 17.4 Å². The minimum absolute atomic E-state index is 0.0454. The first-order valence-electron chi connectivity index (χ1n) is 4.59. The van der Waals surface area contributed by atoms with Crippen molar-refractivity contribution in [1.82, 2.24) is 0 Å². The van der Waals surface area contributed by atoms with Crippen molar-refractivity contribution in [2.45, 2.75) is 11.8 Å². The SMILES string of the molecule is CC(=O)c1ccc(SCCO)c([N+](=O)[O-])c1. The van der Waals surface area contributed by atoms with Gasteiger partial charge >= 0.3 is 0 Å². The molecule has 1 N–H and O–H groups in total. The molecule has 0 unspecified atom stereocenters. The summed E-state index contributed by atoms with van der Waals surface area (Å²) in [7, 11) is 0. The van der Waals surface area contributed by atoms with Gasteiger partial charge in [-0.3, -0.25) is 14.9 Å². The molecule has 0 atom stereocenters. The highest BCUT2D eigenvalue weighted by Gasteiger charge is 2.16. The average Bonchev–Trinajstić information content (AvgIpc) is 2.25. The van der Waals surface area contributed by atoms with E-state index < -0.39 is 4.92 Å². The number of thioether (sulfide) groups is 1. The van der Waals surface area contributed by atoms with Crippen LogP contribution in [0.2, 0.25) is 0 Å². The number of aliphatic hydroxyl groups excluding tert-OH is 1. The number of Topliss-reactive ketones (excluding diaryl/α,β-unsaturated/α-hetero) is 1. The summed E-state index contributed by atoms with van der Waals surface area (Å²) in [5, 5.41) is 19.4. The van der Waals surface area contributed by atoms with E-state index in [1.54, 1.807) is 6.07 Å². The Morgan fingerprint density at radius 1 is 1.56 bits per heavy atom. The van der Waals surface area contributed by atoms with E-state index in [9.17, 15) is 14.9 Å². The number of nitro benzene ring substituents is 1. The van der Waals surface area contributed by atoms with E-state index in [2.05, 4.69) is 0 Å². The zero-order valence-electron chi connectivity index (χ0n) is 8.67. The van der Waals surface area contributed by atoms with E-state index in [-0.39, 0.29) is 18.1 Å². The molecule has 0 saturated carbocycles. The quantitative estimate of drug-likeness (QED) is 0.368. The van der Waals surface area contributed by atoms with Gasteiger partial charge in [-0.1, -0.05) is 0 Å². The fraction of sp³-hybridized carbons (Fsp3) is 0.300. The van der Waals surface area contributed by atoms with Crippen LogP contribution in [0, 0.1) is 10.1 Å². The van der Waals surface area contributed by atoms with Gasteiger partial charge in [0.15, 0.2) is 5.78 Å². The van der Waals surface area contributed by atoms with Gasteiger partial charge in [0.2, 0.25) is 0 Å². The van der Waals surface area contributed by atoms with Crippen LogP contribution in [0.1, 0.15) is 17.3 Å². The second-order valence-corrected chi connectivity index (χ2v) is 4.20. The number of nitro groups is 1. The van der Waals surface area contributed by atoms with Crippen LogP contribution in [0.15, 0.2) is 23.1 Å². The smallest absolute Gasteiger partial charge is 0.283 e. The molecule has 0 aromatic heterocycles. The van der Waals surface area contributed by atoms with E-state index in [0.717, 1.165) is 0 Å². The predicted octanol–water partition coefficient (Wildman–Crippen LogP) is 1.88. The Labute approximate surface area is 96.6 Å². The predicted molar refractivity (Wildman–Crippen MR) is 60.9 cm³/mol. The lowest BCUT2D eigenvalue weighted by molar-refractivity contribution is -0.387. The van der Waals surface area contributed by atoms with Crippen molar-refractivity contribution in [3.63, 3.8) is 0 Å². The number of benzene rings is 1. The second kappa shape index (κ2) is 5.62. The number of hydrogen-bond acceptors (Lipinski definition) is 5. The van der Waals surface area contributed by atoms with Crippen molar-refractivity contribution in [3.05, 3.63) is 33.9 Å². The van der Waals surface area contributed by atoms with Crippen molar-refractivity contribution in [2.24, 2.45) is 0 Å². The van der Waals surface area contributed by atoms with Crippen molar-refractivity contribution >= 4 is 23.2 Å². The summed E-state index contributed by atoms with van der Waals surface area (Å²) < 4.78 is 0. The molecule has 16 heavy (non-hydrogen) atoms. The molecule has 6 heteroatoms. The summed E-state index contributed by atoms with van der Waals surface area (Å²) in [5.74, 6) is 0.182. The maximum atomic E-state index is 11.1. The molecule has 0 bridgehead atoms. The van der Waals surface area contributed by atoms with Crippen molar-refractivity contribution < 1.29 is 14.8 Å². The van der Waals surface area contributed by atoms with Crippen LogP contribution < -0.4 is 0 Å². The number of hydrogen-bond donors (Lipinski definition) is 1. The normalized spacial score (nSPS) is 10.1. The summed E-state index contributed by atoms with van der Waals surface area (Å²) in [6.45, 7) is 1.32. The molecular formula is C10H11NO4S. The van der Waals surface area contributed by atoms with Gasteiger partial charge < -0.3 is 5.11 Å². The topological polar surface area (TPSA) is 80.4 Å². The van der Waals surface area contributed by atoms with Gasteiger partial charge in [-0.05, 0) is 19.1 Å².